The largest absolute Gasteiger partial charge is 0.476 e. The lowest BCUT2D eigenvalue weighted by Crippen LogP contribution is -2.35. The van der Waals surface area contributed by atoms with Crippen molar-refractivity contribution in [2.45, 2.75) is 32.2 Å². The Labute approximate surface area is 128 Å². The van der Waals surface area contributed by atoms with Gasteiger partial charge in [0, 0.05) is 12.3 Å². The van der Waals surface area contributed by atoms with Crippen molar-refractivity contribution < 1.29 is 14.3 Å². The molecule has 2 rings (SSSR count). The van der Waals surface area contributed by atoms with Gasteiger partial charge in [-0.3, -0.25) is 9.69 Å². The Kier molecular flexibility index (Phi) is 5.38. The van der Waals surface area contributed by atoms with Crippen molar-refractivity contribution in [3.8, 4) is 5.88 Å². The van der Waals surface area contributed by atoms with Crippen LogP contribution in [0.4, 0.5) is 4.79 Å². The number of carbonyl (C=O) groups excluding carboxylic acids is 2. The summed E-state index contributed by atoms with van der Waals surface area (Å²) in [6.45, 7) is 2.46. The smallest absolute Gasteiger partial charge is 0.324 e. The summed E-state index contributed by atoms with van der Waals surface area (Å²) in [7, 11) is 0. The van der Waals surface area contributed by atoms with Gasteiger partial charge < -0.3 is 10.1 Å². The number of carbonyl (C=O) groups is 2. The summed E-state index contributed by atoms with van der Waals surface area (Å²) < 4.78 is 5.39. The maximum Gasteiger partial charge on any atom is 0.324 e. The highest BCUT2D eigenvalue weighted by Crippen LogP contribution is 2.13. The van der Waals surface area contributed by atoms with Gasteiger partial charge in [-0.1, -0.05) is 31.4 Å². The van der Waals surface area contributed by atoms with Gasteiger partial charge in [0.25, 0.3) is 5.91 Å². The number of hydrogen-bond donors (Lipinski definition) is 1. The normalized spacial score (nSPS) is 18.0. The Morgan fingerprint density at radius 1 is 1.43 bits per heavy atom. The Balaban J connectivity index is 1.81. The molecule has 0 spiro atoms. The van der Waals surface area contributed by atoms with Gasteiger partial charge in [-0.15, -0.1) is 0 Å². The van der Waals surface area contributed by atoms with Crippen molar-refractivity contribution >= 4 is 23.5 Å². The minimum absolute atomic E-state index is 0.180. The number of halogens is 1. The molecule has 1 aliphatic heterocycles. The molecule has 6 nitrogen and oxygen atoms in total. The van der Waals surface area contributed by atoms with Gasteiger partial charge in [0.2, 0.25) is 5.88 Å². The van der Waals surface area contributed by atoms with E-state index in [9.17, 15) is 9.59 Å². The van der Waals surface area contributed by atoms with Crippen molar-refractivity contribution in [3.05, 3.63) is 23.4 Å². The Bertz CT molecular complexity index is 507. The van der Waals surface area contributed by atoms with Crippen LogP contribution in [-0.2, 0) is 4.79 Å². The molecule has 1 fully saturated rings. The van der Waals surface area contributed by atoms with Crippen molar-refractivity contribution in [1.82, 2.24) is 15.2 Å². The number of pyridine rings is 1. The molecular formula is C14H18ClN3O3. The zero-order valence-corrected chi connectivity index (χ0v) is 12.6. The van der Waals surface area contributed by atoms with Crippen LogP contribution in [0.25, 0.3) is 0 Å². The van der Waals surface area contributed by atoms with Crippen molar-refractivity contribution in [2.75, 3.05) is 13.2 Å². The number of hydrogen-bond acceptors (Lipinski definition) is 4. The minimum atomic E-state index is -0.397. The van der Waals surface area contributed by atoms with Crippen LogP contribution in [0.2, 0.25) is 5.02 Å². The van der Waals surface area contributed by atoms with Gasteiger partial charge in [0.05, 0.1) is 11.6 Å². The van der Waals surface area contributed by atoms with E-state index in [2.05, 4.69) is 10.3 Å². The summed E-state index contributed by atoms with van der Waals surface area (Å²) >= 11 is 5.72. The van der Waals surface area contributed by atoms with Crippen LogP contribution < -0.4 is 10.1 Å². The molecule has 1 aliphatic rings. The van der Waals surface area contributed by atoms with Crippen molar-refractivity contribution in [2.24, 2.45) is 0 Å². The first kappa shape index (κ1) is 15.6. The molecule has 1 aromatic heterocycles. The molecule has 7 heteroatoms. The second-order valence-electron chi connectivity index (χ2n) is 4.80. The average molecular weight is 312 g/mol. The number of imide groups is 1. The average Bonchev–Trinajstić information content (AvgIpc) is 2.74. The van der Waals surface area contributed by atoms with Crippen LogP contribution in [0.3, 0.4) is 0 Å². The van der Waals surface area contributed by atoms with E-state index in [4.69, 9.17) is 16.3 Å². The molecule has 0 bridgehead atoms. The summed E-state index contributed by atoms with van der Waals surface area (Å²) in [5.74, 6) is 0.232. The predicted molar refractivity (Wildman–Crippen MR) is 78.3 cm³/mol. The standard InChI is InChI=1S/C14H18ClN3O3/c1-2-3-4-11-13(19)18(14(20)17-11)7-8-21-12-6-5-10(15)9-16-12/h5-6,9,11H,2-4,7-8H2,1H3,(H,17,20)/t11-/m1/s1. The van der Waals surface area contributed by atoms with Gasteiger partial charge in [0.15, 0.2) is 0 Å². The van der Waals surface area contributed by atoms with Gasteiger partial charge >= 0.3 is 6.03 Å². The predicted octanol–water partition coefficient (Wildman–Crippen LogP) is 2.22. The van der Waals surface area contributed by atoms with Gasteiger partial charge in [0.1, 0.15) is 12.6 Å². The molecule has 0 saturated carbocycles. The van der Waals surface area contributed by atoms with E-state index < -0.39 is 6.04 Å². The van der Waals surface area contributed by atoms with E-state index in [0.29, 0.717) is 17.3 Å². The first-order valence-electron chi connectivity index (χ1n) is 6.98. The second kappa shape index (κ2) is 7.26. The molecule has 0 aliphatic carbocycles. The Morgan fingerprint density at radius 2 is 2.24 bits per heavy atom. The Morgan fingerprint density at radius 3 is 2.90 bits per heavy atom. The van der Waals surface area contributed by atoms with Gasteiger partial charge in [-0.05, 0) is 12.5 Å². The molecule has 0 unspecified atom stereocenters. The third-order valence-corrected chi connectivity index (χ3v) is 3.44. The topological polar surface area (TPSA) is 71.5 Å². The highest BCUT2D eigenvalue weighted by atomic mass is 35.5. The lowest BCUT2D eigenvalue weighted by Gasteiger charge is -2.13. The Hall–Kier alpha value is -1.82. The first-order valence-corrected chi connectivity index (χ1v) is 7.36. The van der Waals surface area contributed by atoms with Crippen LogP contribution in [0.15, 0.2) is 18.3 Å². The second-order valence-corrected chi connectivity index (χ2v) is 5.23. The summed E-state index contributed by atoms with van der Waals surface area (Å²) in [6, 6.07) is 2.55. The molecule has 114 valence electrons. The maximum absolute atomic E-state index is 12.1. The zero-order chi connectivity index (χ0) is 15.2. The van der Waals surface area contributed by atoms with Crippen LogP contribution in [0, 0.1) is 0 Å². The van der Waals surface area contributed by atoms with E-state index in [1.165, 1.54) is 11.1 Å². The number of nitrogens with zero attached hydrogens (tertiary/aromatic N) is 2. The molecule has 2 heterocycles. The molecule has 3 amide bonds. The first-order chi connectivity index (χ1) is 10.1. The molecule has 0 aromatic carbocycles. The monoisotopic (exact) mass is 311 g/mol. The zero-order valence-electron chi connectivity index (χ0n) is 11.8. The number of ether oxygens (including phenoxy) is 1. The molecular weight excluding hydrogens is 294 g/mol. The lowest BCUT2D eigenvalue weighted by molar-refractivity contribution is -0.127. The quantitative estimate of drug-likeness (QED) is 0.784. The van der Waals surface area contributed by atoms with E-state index in [1.807, 2.05) is 6.92 Å². The molecule has 1 atom stereocenters. The van der Waals surface area contributed by atoms with E-state index in [1.54, 1.807) is 12.1 Å². The molecule has 21 heavy (non-hydrogen) atoms. The highest BCUT2D eigenvalue weighted by Gasteiger charge is 2.36. The number of rotatable bonds is 7. The van der Waals surface area contributed by atoms with Gasteiger partial charge in [-0.2, -0.15) is 0 Å². The lowest BCUT2D eigenvalue weighted by atomic mass is 10.1. The molecule has 1 aromatic rings. The summed E-state index contributed by atoms with van der Waals surface area (Å²) in [5.41, 5.74) is 0. The summed E-state index contributed by atoms with van der Waals surface area (Å²) in [5, 5.41) is 3.22. The molecule has 0 radical (unpaired) electrons. The van der Waals surface area contributed by atoms with E-state index >= 15 is 0 Å². The fourth-order valence-electron chi connectivity index (χ4n) is 2.08. The van der Waals surface area contributed by atoms with Crippen LogP contribution in [0.5, 0.6) is 5.88 Å². The summed E-state index contributed by atoms with van der Waals surface area (Å²) in [4.78, 5) is 29.0. The number of urea groups is 1. The number of aromatic nitrogens is 1. The third kappa shape index (κ3) is 4.07. The number of amides is 3. The van der Waals surface area contributed by atoms with Crippen LogP contribution in [-0.4, -0.2) is 41.0 Å². The highest BCUT2D eigenvalue weighted by molar-refractivity contribution is 6.30. The van der Waals surface area contributed by atoms with Gasteiger partial charge in [-0.25, -0.2) is 9.78 Å². The van der Waals surface area contributed by atoms with Crippen LogP contribution >= 0.6 is 11.6 Å². The van der Waals surface area contributed by atoms with Crippen molar-refractivity contribution in [3.63, 3.8) is 0 Å². The fraction of sp³-hybridized carbons (Fsp3) is 0.500. The maximum atomic E-state index is 12.1. The minimum Gasteiger partial charge on any atom is -0.476 e. The molecule has 1 N–H and O–H groups in total. The van der Waals surface area contributed by atoms with E-state index in [-0.39, 0.29) is 25.1 Å². The third-order valence-electron chi connectivity index (χ3n) is 3.22. The molecule has 1 saturated heterocycles. The fourth-order valence-corrected chi connectivity index (χ4v) is 2.19. The van der Waals surface area contributed by atoms with Crippen LogP contribution in [0.1, 0.15) is 26.2 Å². The van der Waals surface area contributed by atoms with E-state index in [0.717, 1.165) is 12.8 Å². The SMILES string of the molecule is CCCC[C@H]1NC(=O)N(CCOc2ccc(Cl)cn2)C1=O. The van der Waals surface area contributed by atoms with Crippen molar-refractivity contribution in [1.29, 1.82) is 0 Å². The number of unbranched alkanes of at least 4 members (excludes halogenated alkanes) is 1. The summed E-state index contributed by atoms with van der Waals surface area (Å²) in [6.07, 6.45) is 4.06. The number of nitrogens with one attached hydrogen (secondary N) is 1.